The van der Waals surface area contributed by atoms with Crippen LogP contribution in [0.5, 0.6) is 0 Å². The lowest BCUT2D eigenvalue weighted by Gasteiger charge is -2.19. The lowest BCUT2D eigenvalue weighted by Crippen LogP contribution is -2.08. The minimum absolute atomic E-state index is 0.147. The van der Waals surface area contributed by atoms with Crippen LogP contribution >= 0.6 is 0 Å². The molecule has 0 aromatic carbocycles. The third kappa shape index (κ3) is 4.37. The average molecular weight is 137 g/mol. The second-order valence-electron chi connectivity index (χ2n) is 3.08. The Labute approximate surface area is 64.6 Å². The van der Waals surface area contributed by atoms with Crippen molar-refractivity contribution in [3.05, 3.63) is 31.7 Å². The van der Waals surface area contributed by atoms with Crippen LogP contribution in [0.15, 0.2) is 24.8 Å². The number of hydrogen-bond acceptors (Lipinski definition) is 0. The second-order valence-corrected chi connectivity index (χ2v) is 3.08. The molecule has 0 aromatic rings. The molecule has 10 heavy (non-hydrogen) atoms. The largest absolute Gasteiger partial charge is 0.103 e. The van der Waals surface area contributed by atoms with Crippen molar-refractivity contribution in [2.45, 2.75) is 26.7 Å². The fourth-order valence-electron chi connectivity index (χ4n) is 0.834. The molecule has 0 saturated heterocycles. The minimum Gasteiger partial charge on any atom is -0.103 e. The molecule has 0 N–H and O–H groups in total. The predicted octanol–water partition coefficient (Wildman–Crippen LogP) is 3.37. The van der Waals surface area contributed by atoms with Gasteiger partial charge in [-0.25, -0.2) is 0 Å². The smallest absolute Gasteiger partial charge is 0.0257 e. The molecule has 0 fully saturated rings. The summed E-state index contributed by atoms with van der Waals surface area (Å²) < 4.78 is 0. The Morgan fingerprint density at radius 3 is 2.40 bits per heavy atom. The molecule has 0 nitrogen and oxygen atoms in total. The van der Waals surface area contributed by atoms with Crippen molar-refractivity contribution < 1.29 is 0 Å². The van der Waals surface area contributed by atoms with Gasteiger partial charge in [-0.05, 0) is 32.1 Å². The first kappa shape index (κ1) is 9.48. The van der Waals surface area contributed by atoms with Crippen LogP contribution < -0.4 is 0 Å². The van der Waals surface area contributed by atoms with Crippen LogP contribution in [-0.2, 0) is 0 Å². The molecule has 0 spiro atoms. The van der Waals surface area contributed by atoms with Crippen molar-refractivity contribution in [2.75, 3.05) is 0 Å². The lowest BCUT2D eigenvalue weighted by atomic mass is 9.86. The zero-order chi connectivity index (χ0) is 8.04. The van der Waals surface area contributed by atoms with Gasteiger partial charge < -0.3 is 0 Å². The lowest BCUT2D eigenvalue weighted by molar-refractivity contribution is 0.435. The van der Waals surface area contributed by atoms with E-state index in [1.54, 1.807) is 0 Å². The average Bonchev–Trinajstić information content (AvgIpc) is 1.84. The van der Waals surface area contributed by atoms with Gasteiger partial charge in [-0.1, -0.05) is 25.2 Å². The van der Waals surface area contributed by atoms with E-state index in [1.165, 1.54) is 0 Å². The first-order valence-corrected chi connectivity index (χ1v) is 3.70. The van der Waals surface area contributed by atoms with Crippen molar-refractivity contribution in [3.8, 4) is 0 Å². The summed E-state index contributed by atoms with van der Waals surface area (Å²) in [5, 5.41) is 0. The van der Waals surface area contributed by atoms with E-state index < -0.39 is 0 Å². The van der Waals surface area contributed by atoms with E-state index >= 15 is 0 Å². The van der Waals surface area contributed by atoms with Crippen LogP contribution in [0.4, 0.5) is 0 Å². The van der Waals surface area contributed by atoms with E-state index in [2.05, 4.69) is 32.6 Å². The van der Waals surface area contributed by atoms with Crippen molar-refractivity contribution in [2.24, 2.45) is 5.41 Å². The molecule has 57 valence electrons. The summed E-state index contributed by atoms with van der Waals surface area (Å²) in [5.74, 6) is 0. The first-order valence-electron chi connectivity index (χ1n) is 3.70. The van der Waals surface area contributed by atoms with Crippen LogP contribution in [-0.4, -0.2) is 0 Å². The number of rotatable bonds is 4. The molecular weight excluding hydrogens is 120 g/mol. The number of allylic oxidation sites excluding steroid dienone is 3. The van der Waals surface area contributed by atoms with Crippen LogP contribution in [0, 0.1) is 12.3 Å². The monoisotopic (exact) mass is 137 g/mol. The molecule has 0 heteroatoms. The van der Waals surface area contributed by atoms with Gasteiger partial charge in [0.2, 0.25) is 0 Å². The van der Waals surface area contributed by atoms with Crippen LogP contribution in [0.2, 0.25) is 0 Å². The highest BCUT2D eigenvalue weighted by molar-refractivity contribution is 4.92. The summed E-state index contributed by atoms with van der Waals surface area (Å²) in [6.45, 7) is 11.9. The summed E-state index contributed by atoms with van der Waals surface area (Å²) in [6.07, 6.45) is 8.16. The molecule has 1 unspecified atom stereocenters. The molecule has 0 aliphatic carbocycles. The van der Waals surface area contributed by atoms with E-state index in [1.807, 2.05) is 13.0 Å². The highest BCUT2D eigenvalue weighted by Gasteiger charge is 2.12. The molecule has 0 saturated carbocycles. The molecular formula is C10H17. The second kappa shape index (κ2) is 4.32. The van der Waals surface area contributed by atoms with Crippen molar-refractivity contribution in [1.29, 1.82) is 0 Å². The van der Waals surface area contributed by atoms with Gasteiger partial charge in [-0.15, -0.1) is 6.58 Å². The van der Waals surface area contributed by atoms with E-state index in [0.717, 1.165) is 12.8 Å². The molecule has 0 heterocycles. The van der Waals surface area contributed by atoms with Gasteiger partial charge in [-0.2, -0.15) is 0 Å². The van der Waals surface area contributed by atoms with Crippen LogP contribution in [0.25, 0.3) is 0 Å². The Bertz CT molecular complexity index is 118. The molecule has 0 aliphatic heterocycles. The highest BCUT2D eigenvalue weighted by Crippen LogP contribution is 2.24. The maximum absolute atomic E-state index is 4.07. The van der Waals surface area contributed by atoms with Gasteiger partial charge in [0.05, 0.1) is 0 Å². The minimum atomic E-state index is 0.147. The van der Waals surface area contributed by atoms with E-state index in [0.29, 0.717) is 0 Å². The summed E-state index contributed by atoms with van der Waals surface area (Å²) in [5.41, 5.74) is 0.147. The SMILES string of the molecule is [CH2]C(C)(CC=C)CC=CC. The molecule has 1 radical (unpaired) electrons. The van der Waals surface area contributed by atoms with Gasteiger partial charge >= 0.3 is 0 Å². The highest BCUT2D eigenvalue weighted by atomic mass is 14.2. The third-order valence-electron chi connectivity index (χ3n) is 1.48. The van der Waals surface area contributed by atoms with Gasteiger partial charge in [0.1, 0.15) is 0 Å². The van der Waals surface area contributed by atoms with Gasteiger partial charge in [0.15, 0.2) is 0 Å². The van der Waals surface area contributed by atoms with Crippen molar-refractivity contribution >= 4 is 0 Å². The van der Waals surface area contributed by atoms with Gasteiger partial charge in [0, 0.05) is 0 Å². The molecule has 0 aromatic heterocycles. The number of hydrogen-bond donors (Lipinski definition) is 0. The molecule has 0 aliphatic rings. The van der Waals surface area contributed by atoms with E-state index in [9.17, 15) is 0 Å². The molecule has 0 bridgehead atoms. The van der Waals surface area contributed by atoms with E-state index in [-0.39, 0.29) is 5.41 Å². The molecule has 0 amide bonds. The van der Waals surface area contributed by atoms with Crippen LogP contribution in [0.1, 0.15) is 26.7 Å². The van der Waals surface area contributed by atoms with Crippen molar-refractivity contribution in [3.63, 3.8) is 0 Å². The fourth-order valence-corrected chi connectivity index (χ4v) is 0.834. The fraction of sp³-hybridized carbons (Fsp3) is 0.500. The van der Waals surface area contributed by atoms with Gasteiger partial charge in [-0.3, -0.25) is 0 Å². The topological polar surface area (TPSA) is 0 Å². The molecule has 0 rings (SSSR count). The standard InChI is InChI=1S/C10H17/c1-5-7-9-10(3,4)8-6-2/h5-7H,2-3,8-9H2,1,4H3. The predicted molar refractivity (Wildman–Crippen MR) is 47.7 cm³/mol. The Balaban J connectivity index is 3.73. The summed E-state index contributed by atoms with van der Waals surface area (Å²) in [4.78, 5) is 0. The Morgan fingerprint density at radius 1 is 1.40 bits per heavy atom. The zero-order valence-electron chi connectivity index (χ0n) is 7.06. The summed E-state index contributed by atoms with van der Waals surface area (Å²) in [7, 11) is 0. The van der Waals surface area contributed by atoms with Crippen LogP contribution in [0.3, 0.4) is 0 Å². The third-order valence-corrected chi connectivity index (χ3v) is 1.48. The Hall–Kier alpha value is -0.520. The quantitative estimate of drug-likeness (QED) is 0.521. The normalized spacial score (nSPS) is 12.3. The van der Waals surface area contributed by atoms with E-state index in [4.69, 9.17) is 0 Å². The summed E-state index contributed by atoms with van der Waals surface area (Å²) in [6, 6.07) is 0. The molecule has 1 atom stereocenters. The zero-order valence-corrected chi connectivity index (χ0v) is 7.06. The summed E-state index contributed by atoms with van der Waals surface area (Å²) >= 11 is 0. The Kier molecular flexibility index (Phi) is 4.10. The maximum Gasteiger partial charge on any atom is -0.0257 e. The van der Waals surface area contributed by atoms with Crippen molar-refractivity contribution in [1.82, 2.24) is 0 Å². The first-order chi connectivity index (χ1) is 4.62. The maximum atomic E-state index is 4.07. The Morgan fingerprint density at radius 2 is 2.00 bits per heavy atom. The van der Waals surface area contributed by atoms with Gasteiger partial charge in [0.25, 0.3) is 0 Å².